The van der Waals surface area contributed by atoms with Gasteiger partial charge in [-0.05, 0) is 43.0 Å². The molecule has 0 aliphatic carbocycles. The molecule has 2 heterocycles. The summed E-state index contributed by atoms with van der Waals surface area (Å²) in [6.45, 7) is 6.39. The number of fused-ring (bicyclic) bond motifs is 1. The SMILES string of the molecule is CC1CCN(Cc2cccc3cccnc23)CC1CN. The van der Waals surface area contributed by atoms with Crippen LogP contribution in [0.4, 0.5) is 0 Å². The molecule has 2 atom stereocenters. The Kier molecular flexibility index (Phi) is 3.99. The largest absolute Gasteiger partial charge is 0.330 e. The smallest absolute Gasteiger partial charge is 0.0746 e. The molecule has 3 nitrogen and oxygen atoms in total. The predicted octanol–water partition coefficient (Wildman–Crippen LogP) is 2.65. The lowest BCUT2D eigenvalue weighted by atomic mass is 9.87. The van der Waals surface area contributed by atoms with E-state index < -0.39 is 0 Å². The number of piperidine rings is 1. The highest BCUT2D eigenvalue weighted by Gasteiger charge is 2.25. The second-order valence-corrected chi connectivity index (χ2v) is 5.99. The monoisotopic (exact) mass is 269 g/mol. The minimum absolute atomic E-state index is 0.631. The van der Waals surface area contributed by atoms with Crippen molar-refractivity contribution in [3.63, 3.8) is 0 Å². The second-order valence-electron chi connectivity index (χ2n) is 5.99. The summed E-state index contributed by atoms with van der Waals surface area (Å²) in [5.41, 5.74) is 8.37. The van der Waals surface area contributed by atoms with Crippen molar-refractivity contribution in [2.45, 2.75) is 19.9 Å². The fourth-order valence-corrected chi connectivity index (χ4v) is 3.21. The number of hydrogen-bond donors (Lipinski definition) is 1. The summed E-state index contributed by atoms with van der Waals surface area (Å²) in [4.78, 5) is 7.08. The third kappa shape index (κ3) is 2.69. The standard InChI is InChI=1S/C17H23N3/c1-13-7-9-20(12-16(13)10-18)11-15-5-2-4-14-6-3-8-19-17(14)15/h2-6,8,13,16H,7,9-12,18H2,1H3. The Bertz CT molecular complexity index is 576. The van der Waals surface area contributed by atoms with Crippen LogP contribution in [0.5, 0.6) is 0 Å². The van der Waals surface area contributed by atoms with Crippen LogP contribution < -0.4 is 5.73 Å². The first kappa shape index (κ1) is 13.5. The van der Waals surface area contributed by atoms with Crippen LogP contribution in [0.2, 0.25) is 0 Å². The molecule has 0 saturated carbocycles. The third-order valence-corrected chi connectivity index (χ3v) is 4.61. The molecule has 0 spiro atoms. The molecular formula is C17H23N3. The van der Waals surface area contributed by atoms with Gasteiger partial charge in [-0.1, -0.05) is 31.2 Å². The van der Waals surface area contributed by atoms with Gasteiger partial charge in [0.25, 0.3) is 0 Å². The third-order valence-electron chi connectivity index (χ3n) is 4.61. The summed E-state index contributed by atoms with van der Waals surface area (Å²) in [6.07, 6.45) is 3.13. The van der Waals surface area contributed by atoms with Gasteiger partial charge in [0.15, 0.2) is 0 Å². The maximum absolute atomic E-state index is 5.90. The van der Waals surface area contributed by atoms with E-state index in [4.69, 9.17) is 5.73 Å². The van der Waals surface area contributed by atoms with Crippen molar-refractivity contribution in [2.24, 2.45) is 17.6 Å². The summed E-state index contributed by atoms with van der Waals surface area (Å²) in [6, 6.07) is 10.6. The van der Waals surface area contributed by atoms with Crippen molar-refractivity contribution >= 4 is 10.9 Å². The molecule has 106 valence electrons. The van der Waals surface area contributed by atoms with Crippen LogP contribution in [-0.2, 0) is 6.54 Å². The second kappa shape index (κ2) is 5.90. The number of likely N-dealkylation sites (tertiary alicyclic amines) is 1. The van der Waals surface area contributed by atoms with Gasteiger partial charge in [-0.15, -0.1) is 0 Å². The van der Waals surface area contributed by atoms with Crippen LogP contribution in [0.25, 0.3) is 10.9 Å². The van der Waals surface area contributed by atoms with Crippen molar-refractivity contribution in [1.82, 2.24) is 9.88 Å². The van der Waals surface area contributed by atoms with E-state index in [0.717, 1.165) is 31.1 Å². The Labute approximate surface area is 120 Å². The number of benzene rings is 1. The van der Waals surface area contributed by atoms with Gasteiger partial charge in [0, 0.05) is 24.7 Å². The number of pyridine rings is 1. The van der Waals surface area contributed by atoms with Crippen LogP contribution in [0.15, 0.2) is 36.5 Å². The Morgan fingerprint density at radius 2 is 2.15 bits per heavy atom. The van der Waals surface area contributed by atoms with E-state index >= 15 is 0 Å². The minimum Gasteiger partial charge on any atom is -0.330 e. The van der Waals surface area contributed by atoms with Crippen LogP contribution in [-0.4, -0.2) is 29.5 Å². The summed E-state index contributed by atoms with van der Waals surface area (Å²) in [5, 5.41) is 1.23. The summed E-state index contributed by atoms with van der Waals surface area (Å²) in [5.74, 6) is 1.38. The van der Waals surface area contributed by atoms with E-state index in [0.29, 0.717) is 5.92 Å². The van der Waals surface area contributed by atoms with Crippen LogP contribution in [0.3, 0.4) is 0 Å². The van der Waals surface area contributed by atoms with E-state index in [1.165, 1.54) is 23.9 Å². The number of aromatic nitrogens is 1. The molecule has 20 heavy (non-hydrogen) atoms. The van der Waals surface area contributed by atoms with Crippen molar-refractivity contribution in [3.8, 4) is 0 Å². The zero-order valence-corrected chi connectivity index (χ0v) is 12.1. The Morgan fingerprint density at radius 3 is 3.00 bits per heavy atom. The maximum atomic E-state index is 5.90. The first-order valence-corrected chi connectivity index (χ1v) is 7.53. The molecule has 1 saturated heterocycles. The molecule has 2 unspecified atom stereocenters. The molecule has 0 radical (unpaired) electrons. The molecular weight excluding hydrogens is 246 g/mol. The molecule has 1 aliphatic heterocycles. The Morgan fingerprint density at radius 1 is 1.30 bits per heavy atom. The van der Waals surface area contributed by atoms with E-state index in [-0.39, 0.29) is 0 Å². The highest BCUT2D eigenvalue weighted by Crippen LogP contribution is 2.25. The van der Waals surface area contributed by atoms with Gasteiger partial charge < -0.3 is 5.73 Å². The molecule has 3 heteroatoms. The van der Waals surface area contributed by atoms with Gasteiger partial charge in [-0.3, -0.25) is 9.88 Å². The van der Waals surface area contributed by atoms with Crippen molar-refractivity contribution < 1.29 is 0 Å². The Hall–Kier alpha value is -1.45. The van der Waals surface area contributed by atoms with Crippen molar-refractivity contribution in [2.75, 3.05) is 19.6 Å². The molecule has 1 aromatic heterocycles. The molecule has 3 rings (SSSR count). The summed E-state index contributed by atoms with van der Waals surface area (Å²) < 4.78 is 0. The fraction of sp³-hybridized carbons (Fsp3) is 0.471. The van der Waals surface area contributed by atoms with Gasteiger partial charge in [0.05, 0.1) is 5.52 Å². The van der Waals surface area contributed by atoms with Gasteiger partial charge >= 0.3 is 0 Å². The lowest BCUT2D eigenvalue weighted by Crippen LogP contribution is -2.42. The fourth-order valence-electron chi connectivity index (χ4n) is 3.21. The topological polar surface area (TPSA) is 42.2 Å². The molecule has 2 aromatic rings. The quantitative estimate of drug-likeness (QED) is 0.931. The predicted molar refractivity (Wildman–Crippen MR) is 83.3 cm³/mol. The minimum atomic E-state index is 0.631. The van der Waals surface area contributed by atoms with Crippen molar-refractivity contribution in [1.29, 1.82) is 0 Å². The number of hydrogen-bond acceptors (Lipinski definition) is 3. The normalized spacial score (nSPS) is 24.1. The zero-order chi connectivity index (χ0) is 13.9. The molecule has 1 fully saturated rings. The molecule has 1 aliphatic rings. The molecule has 0 amide bonds. The summed E-state index contributed by atoms with van der Waals surface area (Å²) >= 11 is 0. The van der Waals surface area contributed by atoms with Crippen LogP contribution in [0.1, 0.15) is 18.9 Å². The molecule has 0 bridgehead atoms. The average molecular weight is 269 g/mol. The number of nitrogens with zero attached hydrogens (tertiary/aromatic N) is 2. The molecule has 1 aromatic carbocycles. The van der Waals surface area contributed by atoms with E-state index in [1.54, 1.807) is 0 Å². The zero-order valence-electron chi connectivity index (χ0n) is 12.1. The van der Waals surface area contributed by atoms with E-state index in [9.17, 15) is 0 Å². The highest BCUT2D eigenvalue weighted by molar-refractivity contribution is 5.81. The maximum Gasteiger partial charge on any atom is 0.0746 e. The Balaban J connectivity index is 1.80. The van der Waals surface area contributed by atoms with E-state index in [2.05, 4.69) is 41.1 Å². The lowest BCUT2D eigenvalue weighted by molar-refractivity contribution is 0.126. The van der Waals surface area contributed by atoms with Crippen LogP contribution in [0, 0.1) is 11.8 Å². The van der Waals surface area contributed by atoms with Crippen LogP contribution >= 0.6 is 0 Å². The first-order chi connectivity index (χ1) is 9.78. The first-order valence-electron chi connectivity index (χ1n) is 7.53. The highest BCUT2D eigenvalue weighted by atomic mass is 15.1. The number of rotatable bonds is 3. The molecule has 2 N–H and O–H groups in total. The summed E-state index contributed by atoms with van der Waals surface area (Å²) in [7, 11) is 0. The van der Waals surface area contributed by atoms with Gasteiger partial charge in [0.1, 0.15) is 0 Å². The van der Waals surface area contributed by atoms with E-state index in [1.807, 2.05) is 12.3 Å². The number of nitrogens with two attached hydrogens (primary N) is 1. The lowest BCUT2D eigenvalue weighted by Gasteiger charge is -2.36. The van der Waals surface area contributed by atoms with Gasteiger partial charge in [0.2, 0.25) is 0 Å². The van der Waals surface area contributed by atoms with Gasteiger partial charge in [-0.25, -0.2) is 0 Å². The number of para-hydroxylation sites is 1. The average Bonchev–Trinajstić information content (AvgIpc) is 2.49. The van der Waals surface area contributed by atoms with Crippen molar-refractivity contribution in [3.05, 3.63) is 42.1 Å². The van der Waals surface area contributed by atoms with Gasteiger partial charge in [-0.2, -0.15) is 0 Å².